The highest BCUT2D eigenvalue weighted by Crippen LogP contribution is 2.36. The van der Waals surface area contributed by atoms with Gasteiger partial charge in [-0.15, -0.1) is 0 Å². The molecule has 25 nitrogen and oxygen atoms in total. The van der Waals surface area contributed by atoms with Crippen molar-refractivity contribution in [1.29, 1.82) is 0 Å². The summed E-state index contributed by atoms with van der Waals surface area (Å²) in [5, 5.41) is 129. The molecule has 75 heavy (non-hydrogen) atoms. The Morgan fingerprint density at radius 1 is 0.467 bits per heavy atom. The van der Waals surface area contributed by atoms with Crippen molar-refractivity contribution in [3.8, 4) is 0 Å². The Morgan fingerprint density at radius 2 is 0.867 bits per heavy atom. The molecule has 0 spiro atoms. The Morgan fingerprint density at radius 3 is 1.29 bits per heavy atom. The highest BCUT2D eigenvalue weighted by molar-refractivity contribution is 7.80. The normalized spacial score (nSPS) is 38.5. The van der Waals surface area contributed by atoms with Crippen LogP contribution in [0.25, 0.3) is 0 Å². The van der Waals surface area contributed by atoms with Crippen LogP contribution in [-0.2, 0) is 37.9 Å². The van der Waals surface area contributed by atoms with E-state index in [2.05, 4.69) is 36.8 Å². The fourth-order valence-electron chi connectivity index (χ4n) is 10.2. The van der Waals surface area contributed by atoms with Crippen LogP contribution in [0.4, 0.5) is 5.69 Å². The number of aliphatic hydroxyl groups is 10. The van der Waals surface area contributed by atoms with Crippen LogP contribution in [-0.4, -0.2) is 261 Å². The number of rotatable bonds is 16. The Kier molecular flexibility index (Phi) is 23.8. The molecule has 1 aromatic rings. The topological polar surface area (TPSA) is 352 Å². The first-order chi connectivity index (χ1) is 36.2. The highest BCUT2D eigenvalue weighted by atomic mass is 32.1. The molecule has 12 aliphatic rings. The van der Waals surface area contributed by atoms with E-state index < -0.39 is 136 Å². The third-order valence-corrected chi connectivity index (χ3v) is 15.3. The molecule has 13 rings (SSSR count). The molecule has 12 saturated heterocycles. The van der Waals surface area contributed by atoms with Crippen LogP contribution in [0, 0.1) is 11.8 Å². The molecule has 12 aliphatic heterocycles. The van der Waals surface area contributed by atoms with Crippen LogP contribution in [0.5, 0.6) is 0 Å². The second kappa shape index (κ2) is 29.7. The minimum absolute atomic E-state index is 0.116. The van der Waals surface area contributed by atoms with Gasteiger partial charge in [-0.3, -0.25) is 4.90 Å². The van der Waals surface area contributed by atoms with Gasteiger partial charge in [0.2, 0.25) is 0 Å². The van der Waals surface area contributed by atoms with Crippen LogP contribution < -0.4 is 31.9 Å². The van der Waals surface area contributed by atoms with E-state index in [1.807, 2.05) is 30.3 Å². The van der Waals surface area contributed by atoms with Crippen molar-refractivity contribution in [2.75, 3.05) is 84.1 Å². The van der Waals surface area contributed by atoms with Gasteiger partial charge >= 0.3 is 0 Å². The van der Waals surface area contributed by atoms with E-state index in [1.54, 1.807) is 0 Å². The van der Waals surface area contributed by atoms with Gasteiger partial charge in [0.25, 0.3) is 0 Å². The second-order valence-corrected chi connectivity index (χ2v) is 20.8. The summed E-state index contributed by atoms with van der Waals surface area (Å²) in [6.07, 6.45) is -20.2. The molecule has 0 aromatic heterocycles. The number of hydrogen-bond acceptors (Lipinski definition) is 22. The van der Waals surface area contributed by atoms with Crippen LogP contribution in [0.3, 0.4) is 0 Å². The molecular formula is C47H77N7O18S3. The largest absolute Gasteiger partial charge is 0.394 e. The summed E-state index contributed by atoms with van der Waals surface area (Å²) in [4.78, 5) is 2.16. The number of anilines is 1. The van der Waals surface area contributed by atoms with Gasteiger partial charge in [0, 0.05) is 83.1 Å². The molecule has 8 bridgehead atoms. The van der Waals surface area contributed by atoms with Gasteiger partial charge in [-0.1, -0.05) is 31.0 Å². The van der Waals surface area contributed by atoms with Crippen LogP contribution in [0.1, 0.15) is 38.5 Å². The van der Waals surface area contributed by atoms with E-state index >= 15 is 0 Å². The standard InChI is InChI=1S/C47H77N7O18S3/c55-22-29-39-33(59)37(63)41(69-29)65-18-6-4-10-25-27(67-43(71-39)35(61)31(25)57)20-51-45(73)48-12-15-54(17-14-50-47(75)53-24-8-2-1-3-9-24)16-13-49-46(74)52-21-28-26-11-5-7-19-66-42-38(64)34(60)40(30(23-56)70-42)72-44(68-28)36(62)32(26)58/h1-3,8-9,25-44,55-64H,4-7,10-23H2,(H2,48,51,73)(H2,49,52,74)(H2,50,53,75)/t25?,26?,27?,28?,29?,30?,31-,32-,33+,34+,35?,36?,37?,38?,39?,40?,41+,42+,43-,44-/m1/s1. The fraction of sp³-hybridized carbons (Fsp3) is 0.809. The van der Waals surface area contributed by atoms with Crippen molar-refractivity contribution in [2.24, 2.45) is 11.8 Å². The van der Waals surface area contributed by atoms with E-state index in [4.69, 9.17) is 74.5 Å². The molecule has 0 saturated carbocycles. The van der Waals surface area contributed by atoms with Crippen molar-refractivity contribution in [3.63, 3.8) is 0 Å². The number of benzene rings is 1. The molecule has 0 radical (unpaired) electrons. The first-order valence-corrected chi connectivity index (χ1v) is 27.1. The van der Waals surface area contributed by atoms with E-state index in [0.717, 1.165) is 5.69 Å². The highest BCUT2D eigenvalue weighted by Gasteiger charge is 2.53. The van der Waals surface area contributed by atoms with E-state index in [-0.39, 0.29) is 26.3 Å². The first-order valence-electron chi connectivity index (χ1n) is 25.8. The number of thiocarbonyl (C=S) groups is 3. The summed E-state index contributed by atoms with van der Waals surface area (Å²) in [6, 6.07) is 9.53. The maximum absolute atomic E-state index is 11.4. The summed E-state index contributed by atoms with van der Waals surface area (Å²) in [7, 11) is 0. The van der Waals surface area contributed by atoms with Crippen LogP contribution >= 0.6 is 36.7 Å². The van der Waals surface area contributed by atoms with Gasteiger partial charge in [-0.2, -0.15) is 0 Å². The zero-order valence-corrected chi connectivity index (χ0v) is 44.0. The third kappa shape index (κ3) is 16.3. The number of ether oxygens (including phenoxy) is 8. The Hall–Kier alpha value is -2.47. The van der Waals surface area contributed by atoms with Crippen LogP contribution in [0.2, 0.25) is 0 Å². The van der Waals surface area contributed by atoms with Crippen molar-refractivity contribution >= 4 is 57.7 Å². The molecule has 0 aliphatic carbocycles. The summed E-state index contributed by atoms with van der Waals surface area (Å²) in [6.45, 7) is 2.28. The third-order valence-electron chi connectivity index (χ3n) is 14.5. The Bertz CT molecular complexity index is 1820. The average Bonchev–Trinajstić information content (AvgIpc) is 3.40. The minimum Gasteiger partial charge on any atom is -0.394 e. The lowest BCUT2D eigenvalue weighted by Crippen LogP contribution is -2.64. The Balaban J connectivity index is 0.919. The molecule has 12 fully saturated rings. The number of nitrogens with zero attached hydrogens (tertiary/aromatic N) is 1. The van der Waals surface area contributed by atoms with E-state index in [0.29, 0.717) is 93.1 Å². The maximum atomic E-state index is 11.4. The predicted molar refractivity (Wildman–Crippen MR) is 278 cm³/mol. The number of para-hydroxylation sites is 1. The van der Waals surface area contributed by atoms with Crippen molar-refractivity contribution < 1.29 is 89.0 Å². The quantitative estimate of drug-likeness (QED) is 0.0693. The molecular weight excluding hydrogens is 1050 g/mol. The zero-order valence-electron chi connectivity index (χ0n) is 41.6. The van der Waals surface area contributed by atoms with Crippen LogP contribution in [0.15, 0.2) is 30.3 Å². The number of aliphatic hydroxyl groups excluding tert-OH is 10. The second-order valence-electron chi connectivity index (χ2n) is 19.6. The molecule has 426 valence electrons. The summed E-state index contributed by atoms with van der Waals surface area (Å²) in [5.41, 5.74) is 0.842. The summed E-state index contributed by atoms with van der Waals surface area (Å²) in [5.74, 6) is -1.07. The van der Waals surface area contributed by atoms with E-state index in [9.17, 15) is 51.1 Å². The lowest BCUT2D eigenvalue weighted by atomic mass is 9.84. The van der Waals surface area contributed by atoms with Gasteiger partial charge < -0.3 is 121 Å². The first kappa shape index (κ1) is 60.2. The van der Waals surface area contributed by atoms with Gasteiger partial charge in [0.15, 0.2) is 40.5 Å². The van der Waals surface area contributed by atoms with Crippen molar-refractivity contribution in [1.82, 2.24) is 31.5 Å². The minimum atomic E-state index is -1.56. The average molecular weight is 1120 g/mol. The lowest BCUT2D eigenvalue weighted by Gasteiger charge is -2.47. The Labute approximate surface area is 451 Å². The van der Waals surface area contributed by atoms with E-state index in [1.165, 1.54) is 0 Å². The monoisotopic (exact) mass is 1120 g/mol. The molecule has 0 amide bonds. The summed E-state index contributed by atoms with van der Waals surface area (Å²) >= 11 is 16.9. The number of hydrogen-bond donors (Lipinski definition) is 16. The van der Waals surface area contributed by atoms with Gasteiger partial charge in [0.1, 0.15) is 61.0 Å². The molecule has 12 heterocycles. The van der Waals surface area contributed by atoms with Gasteiger partial charge in [-0.05, 0) is 74.5 Å². The SMILES string of the molecule is OCC1O[C@@H]2OCCCCC3C(CNC(=S)NCCN(CCNC(=S)NCC4O[C@@H]5OC6C(CO)O[C@H](OCCCCC4[C@@H](O)C5O)C(O)[C@@H]6O)CCNC(=S)Nc4ccccc4)O[C@H](OC1[C@@H](O)C2O)C(O)[C@@H]3O. The van der Waals surface area contributed by atoms with Crippen molar-refractivity contribution in [3.05, 3.63) is 30.3 Å². The van der Waals surface area contributed by atoms with Gasteiger partial charge in [-0.25, -0.2) is 0 Å². The molecule has 1 aromatic carbocycles. The van der Waals surface area contributed by atoms with Gasteiger partial charge in [0.05, 0.1) is 37.6 Å². The fourth-order valence-corrected chi connectivity index (χ4v) is 10.8. The zero-order chi connectivity index (χ0) is 53.6. The smallest absolute Gasteiger partial charge is 0.186 e. The lowest BCUT2D eigenvalue weighted by molar-refractivity contribution is -0.355. The molecule has 28 heteroatoms. The number of nitrogens with one attached hydrogen (secondary N) is 6. The molecule has 16 N–H and O–H groups in total. The van der Waals surface area contributed by atoms with Crippen molar-refractivity contribution in [2.45, 2.75) is 149 Å². The molecule has 20 atom stereocenters. The predicted octanol–water partition coefficient (Wildman–Crippen LogP) is -4.62. The maximum Gasteiger partial charge on any atom is 0.186 e. The summed E-state index contributed by atoms with van der Waals surface area (Å²) < 4.78 is 47.2. The molecule has 12 unspecified atom stereocenters.